The number of aromatic nitrogens is 1. The van der Waals surface area contributed by atoms with Gasteiger partial charge in [0, 0.05) is 11.3 Å². The van der Waals surface area contributed by atoms with Crippen LogP contribution in [0.4, 0.5) is 5.69 Å². The highest BCUT2D eigenvalue weighted by atomic mass is 35.5. The Morgan fingerprint density at radius 3 is 2.79 bits per heavy atom. The molecule has 0 unspecified atom stereocenters. The number of carboxylic acids is 1. The molecule has 0 bridgehead atoms. The van der Waals surface area contributed by atoms with Crippen LogP contribution in [0.15, 0.2) is 23.6 Å². The molecule has 0 aliphatic carbocycles. The maximum Gasteiger partial charge on any atom is 0.348 e. The summed E-state index contributed by atoms with van der Waals surface area (Å²) in [5.41, 5.74) is 1.22. The van der Waals surface area contributed by atoms with Crippen LogP contribution in [0.5, 0.6) is 0 Å². The number of carbonyl (C=O) groups is 2. The van der Waals surface area contributed by atoms with Gasteiger partial charge in [0.15, 0.2) is 0 Å². The van der Waals surface area contributed by atoms with Crippen molar-refractivity contribution in [1.29, 1.82) is 0 Å². The maximum atomic E-state index is 12.0. The van der Waals surface area contributed by atoms with Gasteiger partial charge in [-0.1, -0.05) is 11.6 Å². The summed E-state index contributed by atoms with van der Waals surface area (Å²) in [6.45, 7) is 1.72. The van der Waals surface area contributed by atoms with Gasteiger partial charge >= 0.3 is 5.97 Å². The molecule has 0 atom stereocenters. The van der Waals surface area contributed by atoms with Crippen molar-refractivity contribution in [2.75, 3.05) is 5.32 Å². The molecule has 0 saturated carbocycles. The number of hydrogen-bond acceptors (Lipinski definition) is 4. The summed E-state index contributed by atoms with van der Waals surface area (Å²) in [4.78, 5) is 27.0. The van der Waals surface area contributed by atoms with Crippen molar-refractivity contribution in [3.05, 3.63) is 44.9 Å². The van der Waals surface area contributed by atoms with Crippen molar-refractivity contribution in [3.8, 4) is 0 Å². The van der Waals surface area contributed by atoms with Gasteiger partial charge in [-0.3, -0.25) is 4.79 Å². The Balaban J connectivity index is 2.25. The zero-order chi connectivity index (χ0) is 14.0. The number of nitrogens with zero attached hydrogens (tertiary/aromatic N) is 1. The van der Waals surface area contributed by atoms with Crippen LogP contribution in [0.2, 0.25) is 5.15 Å². The fourth-order valence-corrected chi connectivity index (χ4v) is 2.46. The number of carbonyl (C=O) groups excluding carboxylic acids is 1. The number of pyridine rings is 1. The van der Waals surface area contributed by atoms with Crippen LogP contribution in [0.3, 0.4) is 0 Å². The number of nitrogens with one attached hydrogen (secondary N) is 1. The number of rotatable bonds is 3. The Labute approximate surface area is 117 Å². The number of hydrogen-bond donors (Lipinski definition) is 2. The van der Waals surface area contributed by atoms with Gasteiger partial charge < -0.3 is 10.4 Å². The van der Waals surface area contributed by atoms with E-state index in [-0.39, 0.29) is 15.7 Å². The number of halogens is 1. The summed E-state index contributed by atoms with van der Waals surface area (Å²) >= 11 is 6.82. The first-order valence-corrected chi connectivity index (χ1v) is 6.49. The molecule has 7 heteroatoms. The van der Waals surface area contributed by atoms with E-state index in [1.165, 1.54) is 6.07 Å². The molecule has 2 aromatic rings. The second-order valence-electron chi connectivity index (χ2n) is 3.74. The van der Waals surface area contributed by atoms with Gasteiger partial charge in [-0.2, -0.15) is 0 Å². The van der Waals surface area contributed by atoms with E-state index in [1.54, 1.807) is 24.4 Å². The van der Waals surface area contributed by atoms with E-state index >= 15 is 0 Å². The molecule has 0 fully saturated rings. The number of amides is 1. The van der Waals surface area contributed by atoms with Gasteiger partial charge in [-0.15, -0.1) is 11.3 Å². The highest BCUT2D eigenvalue weighted by molar-refractivity contribution is 7.12. The number of anilines is 1. The van der Waals surface area contributed by atoms with Crippen molar-refractivity contribution in [2.45, 2.75) is 6.92 Å². The molecule has 0 aromatic carbocycles. The SMILES string of the molecule is Cc1cc(C(=O)Nc2ccsc2C(=O)O)cc(Cl)n1. The number of aromatic carboxylic acids is 1. The highest BCUT2D eigenvalue weighted by Crippen LogP contribution is 2.23. The molecule has 2 aromatic heterocycles. The van der Waals surface area contributed by atoms with E-state index in [9.17, 15) is 9.59 Å². The fourth-order valence-electron chi connectivity index (χ4n) is 1.53. The lowest BCUT2D eigenvalue weighted by molar-refractivity contribution is 0.0703. The molecule has 0 aliphatic rings. The van der Waals surface area contributed by atoms with E-state index in [1.807, 2.05) is 0 Å². The average molecular weight is 297 g/mol. The second-order valence-corrected chi connectivity index (χ2v) is 5.05. The summed E-state index contributed by atoms with van der Waals surface area (Å²) in [7, 11) is 0. The summed E-state index contributed by atoms with van der Waals surface area (Å²) < 4.78 is 0. The predicted octanol–water partition coefficient (Wildman–Crippen LogP) is 3.06. The molecule has 2 heterocycles. The molecule has 2 N–H and O–H groups in total. The van der Waals surface area contributed by atoms with E-state index in [0.29, 0.717) is 11.3 Å². The molecule has 0 saturated heterocycles. The molecule has 0 spiro atoms. The number of carboxylic acid groups (broad SMARTS) is 1. The van der Waals surface area contributed by atoms with E-state index < -0.39 is 11.9 Å². The Bertz CT molecular complexity index is 634. The lowest BCUT2D eigenvalue weighted by Crippen LogP contribution is -2.14. The topological polar surface area (TPSA) is 79.3 Å². The third-order valence-corrected chi connectivity index (χ3v) is 3.39. The van der Waals surface area contributed by atoms with E-state index in [2.05, 4.69) is 10.3 Å². The minimum atomic E-state index is -1.07. The average Bonchev–Trinajstić information content (AvgIpc) is 2.75. The van der Waals surface area contributed by atoms with Gasteiger partial charge in [0.2, 0.25) is 0 Å². The first-order chi connectivity index (χ1) is 8.97. The van der Waals surface area contributed by atoms with Crippen LogP contribution in [0.25, 0.3) is 0 Å². The zero-order valence-electron chi connectivity index (χ0n) is 9.81. The first kappa shape index (κ1) is 13.5. The van der Waals surface area contributed by atoms with Crippen molar-refractivity contribution in [2.24, 2.45) is 0 Å². The summed E-state index contributed by atoms with van der Waals surface area (Å²) in [6.07, 6.45) is 0. The van der Waals surface area contributed by atoms with Crippen molar-refractivity contribution >= 4 is 40.5 Å². The molecule has 1 amide bonds. The lowest BCUT2D eigenvalue weighted by Gasteiger charge is -2.05. The Morgan fingerprint density at radius 1 is 1.42 bits per heavy atom. The lowest BCUT2D eigenvalue weighted by atomic mass is 10.2. The number of thiophene rings is 1. The minimum absolute atomic E-state index is 0.0882. The Morgan fingerprint density at radius 2 is 2.16 bits per heavy atom. The van der Waals surface area contributed by atoms with Crippen LogP contribution in [0.1, 0.15) is 25.7 Å². The van der Waals surface area contributed by atoms with E-state index in [0.717, 1.165) is 11.3 Å². The van der Waals surface area contributed by atoms with Crippen LogP contribution in [-0.2, 0) is 0 Å². The molecular weight excluding hydrogens is 288 g/mol. The van der Waals surface area contributed by atoms with Crippen LogP contribution >= 0.6 is 22.9 Å². The second kappa shape index (κ2) is 5.38. The molecule has 0 aliphatic heterocycles. The molecular formula is C12H9ClN2O3S. The standard InChI is InChI=1S/C12H9ClN2O3S/c1-6-4-7(5-9(13)14-6)11(16)15-8-2-3-19-10(8)12(17)18/h2-5H,1H3,(H,15,16)(H,17,18). The van der Waals surface area contributed by atoms with E-state index in [4.69, 9.17) is 16.7 Å². The number of aryl methyl sites for hydroxylation is 1. The van der Waals surface area contributed by atoms with Crippen molar-refractivity contribution < 1.29 is 14.7 Å². The summed E-state index contributed by atoms with van der Waals surface area (Å²) in [6, 6.07) is 4.55. The van der Waals surface area contributed by atoms with Crippen LogP contribution < -0.4 is 5.32 Å². The van der Waals surface area contributed by atoms with Gasteiger partial charge in [0.1, 0.15) is 10.0 Å². The normalized spacial score (nSPS) is 10.2. The largest absolute Gasteiger partial charge is 0.477 e. The van der Waals surface area contributed by atoms with Crippen LogP contribution in [0, 0.1) is 6.92 Å². The smallest absolute Gasteiger partial charge is 0.348 e. The minimum Gasteiger partial charge on any atom is -0.477 e. The third-order valence-electron chi connectivity index (χ3n) is 2.29. The first-order valence-electron chi connectivity index (χ1n) is 5.23. The van der Waals surface area contributed by atoms with Crippen molar-refractivity contribution in [1.82, 2.24) is 4.98 Å². The van der Waals surface area contributed by atoms with Crippen molar-refractivity contribution in [3.63, 3.8) is 0 Å². The quantitative estimate of drug-likeness (QED) is 0.853. The van der Waals surface area contributed by atoms with Gasteiger partial charge in [0.25, 0.3) is 5.91 Å². The zero-order valence-corrected chi connectivity index (χ0v) is 11.4. The Kier molecular flexibility index (Phi) is 3.82. The van der Waals surface area contributed by atoms with Gasteiger partial charge in [-0.05, 0) is 30.5 Å². The monoisotopic (exact) mass is 296 g/mol. The van der Waals surface area contributed by atoms with Crippen LogP contribution in [-0.4, -0.2) is 22.0 Å². The maximum absolute atomic E-state index is 12.0. The van der Waals surface area contributed by atoms with Gasteiger partial charge in [-0.25, -0.2) is 9.78 Å². The summed E-state index contributed by atoms with van der Waals surface area (Å²) in [5, 5.41) is 13.3. The highest BCUT2D eigenvalue weighted by Gasteiger charge is 2.15. The fraction of sp³-hybridized carbons (Fsp3) is 0.0833. The Hall–Kier alpha value is -1.92. The molecule has 98 valence electrons. The predicted molar refractivity (Wildman–Crippen MR) is 73.2 cm³/mol. The molecule has 2 rings (SSSR count). The third kappa shape index (κ3) is 3.10. The van der Waals surface area contributed by atoms with Gasteiger partial charge in [0.05, 0.1) is 5.69 Å². The molecule has 5 nitrogen and oxygen atoms in total. The molecule has 19 heavy (non-hydrogen) atoms. The summed E-state index contributed by atoms with van der Waals surface area (Å²) in [5.74, 6) is -1.50. The molecule has 0 radical (unpaired) electrons.